The summed E-state index contributed by atoms with van der Waals surface area (Å²) in [7, 11) is 0. The Labute approximate surface area is 106 Å². The molecule has 0 aromatic carbocycles. The van der Waals surface area contributed by atoms with Crippen LogP contribution in [0.1, 0.15) is 19.3 Å². The summed E-state index contributed by atoms with van der Waals surface area (Å²) in [5.41, 5.74) is 0. The van der Waals surface area contributed by atoms with E-state index in [-0.39, 0.29) is 43.2 Å². The second-order valence-corrected chi connectivity index (χ2v) is 10.7. The van der Waals surface area contributed by atoms with Gasteiger partial charge in [-0.2, -0.15) is 0 Å². The standard InChI is InChI=1S/C5H10.Al.Ca.HO3P.H2O.2H/c1-3-5-4-2;;;1-4(2)3;;;/h1-5H2;;;(H-,1,2,3);1H2;;/q;-1;;;;;/p+1. The first-order valence-electron chi connectivity index (χ1n) is 3.66. The first-order chi connectivity index (χ1) is 4.61. The Morgan fingerprint density at radius 3 is 1.75 bits per heavy atom. The number of rotatable bonds is 1. The fourth-order valence-electron chi connectivity index (χ4n) is 1.42. The van der Waals surface area contributed by atoms with E-state index in [1.54, 1.807) is 0 Å². The van der Waals surface area contributed by atoms with Gasteiger partial charge in [0, 0.05) is 0 Å². The number of hydrogen-bond donors (Lipinski definition) is 2. The van der Waals surface area contributed by atoms with Crippen LogP contribution in [0.4, 0.5) is 0 Å². The Balaban J connectivity index is 0. The van der Waals surface area contributed by atoms with Gasteiger partial charge in [0.25, 0.3) is 0 Å². The molecule has 0 amide bonds. The van der Waals surface area contributed by atoms with Crippen LogP contribution in [-0.2, 0) is 4.57 Å². The van der Waals surface area contributed by atoms with Gasteiger partial charge in [-0.3, -0.25) is 4.57 Å². The topological polar surface area (TPSA) is 89.0 Å². The summed E-state index contributed by atoms with van der Waals surface area (Å²) < 4.78 is 10.7. The summed E-state index contributed by atoms with van der Waals surface area (Å²) in [6.45, 7) is 0. The van der Waals surface area contributed by atoms with Gasteiger partial charge in [0.2, 0.25) is 6.24 Å². The van der Waals surface area contributed by atoms with E-state index in [4.69, 9.17) is 9.79 Å². The van der Waals surface area contributed by atoms with Gasteiger partial charge in [-0.1, -0.05) is 29.8 Å². The van der Waals surface area contributed by atoms with Crippen LogP contribution in [0.2, 0.25) is 10.6 Å². The quantitative estimate of drug-likeness (QED) is 0.481. The average molecular weight is 238 g/mol. The van der Waals surface area contributed by atoms with Crippen molar-refractivity contribution in [1.82, 2.24) is 0 Å². The van der Waals surface area contributed by atoms with Gasteiger partial charge in [0.15, 0.2) is 0 Å². The summed E-state index contributed by atoms with van der Waals surface area (Å²) in [5.74, 6) is 0. The molecule has 12 heavy (non-hydrogen) atoms. The van der Waals surface area contributed by atoms with Gasteiger partial charge >= 0.3 is 51.4 Å². The molecule has 0 atom stereocenters. The zero-order valence-electron chi connectivity index (χ0n) is 6.36. The molecule has 70 valence electrons. The zero-order valence-corrected chi connectivity index (χ0v) is 8.41. The maximum absolute atomic E-state index is 10.7. The molecule has 0 spiro atoms. The van der Waals surface area contributed by atoms with Crippen LogP contribution in [0.25, 0.3) is 0 Å². The van der Waals surface area contributed by atoms with Crippen molar-refractivity contribution in [2.75, 3.05) is 0 Å². The van der Waals surface area contributed by atoms with Crippen LogP contribution < -0.4 is 0 Å². The summed E-state index contributed by atoms with van der Waals surface area (Å²) in [5, 5.41) is 1.70. The maximum atomic E-state index is 10.7. The van der Waals surface area contributed by atoms with Crippen LogP contribution in [0.5, 0.6) is 0 Å². The van der Waals surface area contributed by atoms with Gasteiger partial charge in [-0.15, -0.1) is 0 Å². The van der Waals surface area contributed by atoms with E-state index in [2.05, 4.69) is 0 Å². The van der Waals surface area contributed by atoms with Crippen molar-refractivity contribution in [2.24, 2.45) is 0 Å². The Morgan fingerprint density at radius 1 is 1.08 bits per heavy atom. The molecule has 0 aliphatic carbocycles. The Bertz CT molecular complexity index is 156. The van der Waals surface area contributed by atoms with E-state index in [0.29, 0.717) is 0 Å². The van der Waals surface area contributed by atoms with Crippen LogP contribution in [0, 0.1) is 0 Å². The molecule has 4 nitrogen and oxygen atoms in total. The third-order valence-electron chi connectivity index (χ3n) is 2.05. The van der Waals surface area contributed by atoms with Gasteiger partial charge in [-0.05, 0) is 0 Å². The normalized spacial score (nSPS) is 17.7. The Hall–Kier alpha value is 1.90. The molecule has 1 rings (SSSR count). The summed E-state index contributed by atoms with van der Waals surface area (Å²) >= 11 is -1.65. The van der Waals surface area contributed by atoms with Crippen molar-refractivity contribution in [3.05, 3.63) is 0 Å². The molecule has 1 fully saturated rings. The molecule has 0 aromatic heterocycles. The molecule has 0 aromatic rings. The summed E-state index contributed by atoms with van der Waals surface area (Å²) in [4.78, 5) is 17.6. The van der Waals surface area contributed by atoms with E-state index >= 15 is 0 Å². The Morgan fingerprint density at radius 2 is 1.50 bits per heavy atom. The van der Waals surface area contributed by atoms with Crippen molar-refractivity contribution in [2.45, 2.75) is 29.8 Å². The molecule has 1 aliphatic heterocycles. The second kappa shape index (κ2) is 7.23. The van der Waals surface area contributed by atoms with Crippen molar-refractivity contribution in [3.8, 4) is 0 Å². The second-order valence-electron chi connectivity index (χ2n) is 2.88. The molecule has 1 aliphatic rings. The van der Waals surface area contributed by atoms with Crippen molar-refractivity contribution >= 4 is 57.7 Å². The molecule has 0 saturated carbocycles. The van der Waals surface area contributed by atoms with Gasteiger partial charge < -0.3 is 15.3 Å². The van der Waals surface area contributed by atoms with Crippen molar-refractivity contribution < 1.29 is 19.8 Å². The molecule has 0 bridgehead atoms. The third-order valence-corrected chi connectivity index (χ3v) is 9.55. The monoisotopic (exact) mass is 238 g/mol. The predicted molar refractivity (Wildman–Crippen MR) is 53.4 cm³/mol. The third kappa shape index (κ3) is 5.59. The number of hydrogen-bond acceptors (Lipinski definition) is 1. The van der Waals surface area contributed by atoms with Crippen molar-refractivity contribution in [1.29, 1.82) is 0 Å². The fraction of sp³-hybridized carbons (Fsp3) is 1.00. The van der Waals surface area contributed by atoms with E-state index in [0.717, 1.165) is 23.4 Å². The van der Waals surface area contributed by atoms with Crippen LogP contribution in [-0.4, -0.2) is 66.7 Å². The molecular weight excluding hydrogens is 222 g/mol. The first-order valence-corrected chi connectivity index (χ1v) is 8.52. The molecule has 0 radical (unpaired) electrons. The molecular formula is C5H16AlCaO4P. The van der Waals surface area contributed by atoms with Gasteiger partial charge in [-0.25, -0.2) is 0 Å². The fourth-order valence-corrected chi connectivity index (χ4v) is 7.01. The molecule has 1 heterocycles. The van der Waals surface area contributed by atoms with Gasteiger partial charge in [0.05, 0.1) is 0 Å². The van der Waals surface area contributed by atoms with Crippen molar-refractivity contribution in [3.63, 3.8) is 0 Å². The van der Waals surface area contributed by atoms with E-state index in [9.17, 15) is 4.57 Å². The minimum absolute atomic E-state index is 0. The van der Waals surface area contributed by atoms with Crippen LogP contribution in [0.3, 0.4) is 0 Å². The minimum atomic E-state index is -3.60. The van der Waals surface area contributed by atoms with Gasteiger partial charge in [0.1, 0.15) is 0 Å². The van der Waals surface area contributed by atoms with Crippen LogP contribution >= 0.6 is 6.24 Å². The van der Waals surface area contributed by atoms with E-state index < -0.39 is 19.9 Å². The zero-order chi connectivity index (χ0) is 7.61. The Kier molecular flexibility index (Phi) is 9.84. The van der Waals surface area contributed by atoms with E-state index in [1.165, 1.54) is 6.42 Å². The molecule has 1 saturated heterocycles. The SMILES string of the molecule is O.O=[P](O)(O)[Al]1[CH2]CCC[CH2]1.[CaH2]. The molecule has 7 heteroatoms. The van der Waals surface area contributed by atoms with Crippen LogP contribution in [0.15, 0.2) is 0 Å². The molecule has 4 N–H and O–H groups in total. The predicted octanol–water partition coefficient (Wildman–Crippen LogP) is -0.401. The summed E-state index contributed by atoms with van der Waals surface area (Å²) in [6, 6.07) is 0. The summed E-state index contributed by atoms with van der Waals surface area (Å²) in [6.07, 6.45) is -0.345. The van der Waals surface area contributed by atoms with E-state index in [1.807, 2.05) is 0 Å². The first kappa shape index (κ1) is 16.3. The average Bonchev–Trinajstić information content (AvgIpc) is 1.88. The molecule has 0 unspecified atom stereocenters.